The third kappa shape index (κ3) is 26.2. The van der Waals surface area contributed by atoms with E-state index in [4.69, 9.17) is 15.9 Å². The van der Waals surface area contributed by atoms with Gasteiger partial charge in [0.15, 0.2) is 6.10 Å². The van der Waals surface area contributed by atoms with Crippen molar-refractivity contribution in [3.05, 3.63) is 0 Å². The van der Waals surface area contributed by atoms with Crippen LogP contribution in [0, 0.1) is 83.4 Å². The number of hydrogen-bond donors (Lipinski definition) is 2. The van der Waals surface area contributed by atoms with Gasteiger partial charge >= 0.3 is 11.9 Å². The minimum absolute atomic E-state index is 0. The average molecular weight is 528 g/mol. The van der Waals surface area contributed by atoms with Gasteiger partial charge in [-0.25, -0.2) is 4.79 Å². The van der Waals surface area contributed by atoms with E-state index in [0.717, 1.165) is 19.3 Å². The molecule has 0 aromatic heterocycles. The smallest absolute Gasteiger partial charge is 0.385 e. The van der Waals surface area contributed by atoms with Crippen molar-refractivity contribution in [2.75, 3.05) is 13.2 Å². The molecule has 0 radical (unpaired) electrons. The van der Waals surface area contributed by atoms with Crippen molar-refractivity contribution < 1.29 is 42.7 Å². The molecule has 37 heavy (non-hydrogen) atoms. The number of carbonyl (C=O) groups is 2. The molecule has 0 bridgehead atoms. The molecule has 6 heteroatoms. The van der Waals surface area contributed by atoms with Gasteiger partial charge < -0.3 is 20.7 Å². The van der Waals surface area contributed by atoms with Gasteiger partial charge in [-0.3, -0.25) is 4.79 Å². The van der Waals surface area contributed by atoms with Gasteiger partial charge in [-0.05, 0) is 77.5 Å². The molecule has 0 rings (SSSR count). The van der Waals surface area contributed by atoms with Crippen molar-refractivity contribution in [2.24, 2.45) is 0 Å². The second-order valence-electron chi connectivity index (χ2n) is 7.47. The fourth-order valence-electron chi connectivity index (χ4n) is 2.73. The Bertz CT molecular complexity index is 1130. The number of carbonyl (C=O) groups excluding carboxylic acids is 2. The first kappa shape index (κ1) is 34.9. The lowest BCUT2D eigenvalue weighted by Crippen LogP contribution is -2.28. The van der Waals surface area contributed by atoms with Crippen LogP contribution in [0.4, 0.5) is 0 Å². The maximum absolute atomic E-state index is 11.9. The number of aliphatic hydroxyl groups excluding tert-OH is 1. The highest BCUT2D eigenvalue weighted by Gasteiger charge is 2.15. The highest BCUT2D eigenvalue weighted by molar-refractivity contribution is 5.89. The third-order valence-electron chi connectivity index (χ3n) is 4.50. The van der Waals surface area contributed by atoms with Gasteiger partial charge in [-0.2, -0.15) is 0 Å². The zero-order chi connectivity index (χ0) is 26.5. The van der Waals surface area contributed by atoms with E-state index in [9.17, 15) is 14.7 Å². The lowest BCUT2D eigenvalue weighted by molar-refractivity contribution is -0.159. The van der Waals surface area contributed by atoms with Crippen LogP contribution in [0.15, 0.2) is 0 Å². The summed E-state index contributed by atoms with van der Waals surface area (Å²) in [5, 5.41) is 9.35. The predicted octanol–water partition coefficient (Wildman–Crippen LogP) is 6.76. The summed E-state index contributed by atoms with van der Waals surface area (Å²) in [5.41, 5.74) is 0. The number of aliphatic hydroxyl groups is 1. The van der Waals surface area contributed by atoms with Crippen LogP contribution in [-0.4, -0.2) is 36.4 Å². The topological polar surface area (TPSA) is 108 Å². The quantitative estimate of drug-likeness (QED) is 0.105. The van der Waals surface area contributed by atoms with Crippen molar-refractivity contribution in [3.63, 3.8) is 0 Å². The van der Waals surface area contributed by atoms with Gasteiger partial charge in [0.2, 0.25) is 0 Å². The molecular weight excluding hydrogens is 466 g/mol. The second-order valence-corrected chi connectivity index (χ2v) is 7.47. The molecule has 6 nitrogen and oxygen atoms in total. The van der Waals surface area contributed by atoms with E-state index in [1.54, 1.807) is 0 Å². The maximum Gasteiger partial charge on any atom is 0.385 e. The summed E-state index contributed by atoms with van der Waals surface area (Å²) in [5.74, 6) is 29.3. The van der Waals surface area contributed by atoms with Crippen LogP contribution in [-0.2, 0) is 19.1 Å². The van der Waals surface area contributed by atoms with E-state index in [0.29, 0.717) is 0 Å². The zero-order valence-electron chi connectivity index (χ0n) is 21.6. The molecule has 1 atom stereocenters. The summed E-state index contributed by atoms with van der Waals surface area (Å²) in [7, 11) is 0. The summed E-state index contributed by atoms with van der Waals surface area (Å²) in [4.78, 5) is 23.5. The van der Waals surface area contributed by atoms with Crippen LogP contribution in [0.2, 0.25) is 0 Å². The summed E-state index contributed by atoms with van der Waals surface area (Å²) in [6.45, 7) is 1.47. The summed E-state index contributed by atoms with van der Waals surface area (Å²) < 4.78 is 10.0. The lowest BCUT2D eigenvalue weighted by Gasteiger charge is -2.14. The normalized spacial score (nSPS) is 8.78. The molecule has 0 saturated carbocycles. The Kier molecular flexibility index (Phi) is 26.5. The third-order valence-corrected chi connectivity index (χ3v) is 4.50. The number of terminal acetylenes is 1. The second kappa shape index (κ2) is 28.0. The van der Waals surface area contributed by atoms with E-state index < -0.39 is 24.6 Å². The van der Waals surface area contributed by atoms with Gasteiger partial charge in [0.1, 0.15) is 6.61 Å². The molecule has 0 spiro atoms. The zero-order valence-corrected chi connectivity index (χ0v) is 21.6. The molecule has 0 fully saturated rings. The molecular formula is C31H61NO5. The van der Waals surface area contributed by atoms with Crippen molar-refractivity contribution in [1.82, 2.24) is 6.15 Å². The number of hydrogen-bond acceptors (Lipinski definition) is 6. The maximum atomic E-state index is 11.9. The van der Waals surface area contributed by atoms with E-state index >= 15 is 0 Å². The molecule has 0 heterocycles. The first-order valence-corrected chi connectivity index (χ1v) is 12.1. The van der Waals surface area contributed by atoms with Crippen molar-refractivity contribution >= 4 is 11.9 Å². The van der Waals surface area contributed by atoms with Crippen molar-refractivity contribution in [3.8, 4) is 83.4 Å². The Labute approximate surface area is 241 Å². The van der Waals surface area contributed by atoms with Gasteiger partial charge in [-0.1, -0.05) is 64.7 Å². The monoisotopic (exact) mass is 527 g/mol. The van der Waals surface area contributed by atoms with Crippen LogP contribution in [0.25, 0.3) is 0 Å². The highest BCUT2D eigenvalue weighted by atomic mass is 16.6. The molecule has 0 amide bonds. The van der Waals surface area contributed by atoms with Gasteiger partial charge in [0.25, 0.3) is 0 Å². The Hall–Kier alpha value is -4.22. The summed E-state index contributed by atoms with van der Waals surface area (Å²) in [6, 6.07) is 0. The van der Waals surface area contributed by atoms with E-state index in [2.05, 4.69) is 83.9 Å². The Morgan fingerprint density at radius 2 is 1.22 bits per heavy atom. The molecule has 0 unspecified atom stereocenters. The minimum atomic E-state index is -0.928. The van der Waals surface area contributed by atoms with Gasteiger partial charge in [0, 0.05) is 30.9 Å². The van der Waals surface area contributed by atoms with Gasteiger partial charge in [0.05, 0.1) is 6.61 Å². The molecule has 4 N–H and O–H groups in total. The molecule has 0 aliphatic carbocycles. The fourth-order valence-corrected chi connectivity index (χ4v) is 2.73. The van der Waals surface area contributed by atoms with Crippen LogP contribution >= 0.6 is 0 Å². The number of ether oxygens (including phenoxy) is 2. The molecule has 220 valence electrons. The van der Waals surface area contributed by atoms with E-state index in [1.165, 1.54) is 44.9 Å². The molecule has 0 aliphatic rings. The average Bonchev–Trinajstić information content (AvgIpc) is 2.88. The summed E-state index contributed by atoms with van der Waals surface area (Å²) >= 11 is 0. The standard InChI is InChI=1S/C31H32O5.H3N.13H2/c1-3-5-7-9-11-13-15-16-18-19-21-23-25-30(33)35-28-29(27-32)36-31(34)26-24-22-20-17-14-12-10-8-6-4-2;;;;;;;;;;;;;;/h1,29,32H,4,6,8,10,12,14,17,20,22,24,26-28H2,2H3;1H3;13*1H/t29-;;;;;;;;;;;;;;/m0............../s1. The van der Waals surface area contributed by atoms with E-state index in [-0.39, 0.29) is 37.7 Å². The molecule has 0 saturated heterocycles. The van der Waals surface area contributed by atoms with Crippen molar-refractivity contribution in [2.45, 2.75) is 83.7 Å². The first-order valence-electron chi connectivity index (χ1n) is 12.1. The highest BCUT2D eigenvalue weighted by Crippen LogP contribution is 2.11. The minimum Gasteiger partial charge on any atom is -0.456 e. The first-order chi connectivity index (χ1) is 17.6. The lowest BCUT2D eigenvalue weighted by atomic mass is 10.1. The Morgan fingerprint density at radius 3 is 1.70 bits per heavy atom. The fraction of sp³-hybridized carbons (Fsp3) is 0.484. The summed E-state index contributed by atoms with van der Waals surface area (Å²) in [6.07, 6.45) is 16.0. The SMILES string of the molecule is C#CC#CC#CC#CC#CC#CC#CC(=O)OC[C@H](CO)OC(=O)CCCCCCCCCCCC.N.[HH].[HH].[HH].[HH].[HH].[HH].[HH].[HH].[HH].[HH].[HH].[HH].[HH]. The molecule has 0 aliphatic heterocycles. The number of rotatable bonds is 15. The number of unbranched alkanes of at least 4 members (excludes halogenated alkanes) is 9. The van der Waals surface area contributed by atoms with Crippen LogP contribution in [0.5, 0.6) is 0 Å². The van der Waals surface area contributed by atoms with Crippen molar-refractivity contribution in [1.29, 1.82) is 0 Å². The Balaban J connectivity index is -0.0000000673. The van der Waals surface area contributed by atoms with Crippen LogP contribution < -0.4 is 6.15 Å². The number of esters is 2. The van der Waals surface area contributed by atoms with Crippen LogP contribution in [0.1, 0.15) is 96.1 Å². The Morgan fingerprint density at radius 1 is 0.757 bits per heavy atom. The van der Waals surface area contributed by atoms with E-state index in [1.807, 2.05) is 0 Å². The van der Waals surface area contributed by atoms with Gasteiger partial charge in [-0.15, -0.1) is 6.42 Å². The largest absolute Gasteiger partial charge is 0.456 e. The predicted molar refractivity (Wildman–Crippen MR) is 172 cm³/mol. The molecule has 0 aromatic carbocycles. The van der Waals surface area contributed by atoms with Crippen LogP contribution in [0.3, 0.4) is 0 Å². The molecule has 0 aromatic rings.